The van der Waals surface area contributed by atoms with E-state index in [1.54, 1.807) is 30.2 Å². The molecule has 0 radical (unpaired) electrons. The Hall–Kier alpha value is -1.34. The van der Waals surface area contributed by atoms with E-state index in [2.05, 4.69) is 5.32 Å². The summed E-state index contributed by atoms with van der Waals surface area (Å²) in [5.41, 5.74) is 0.415. The summed E-state index contributed by atoms with van der Waals surface area (Å²) in [6.07, 6.45) is 0.797. The summed E-state index contributed by atoms with van der Waals surface area (Å²) in [6.45, 7) is 3.99. The first-order valence-electron chi connectivity index (χ1n) is 8.24. The predicted octanol–water partition coefficient (Wildman–Crippen LogP) is 1.90. The fourth-order valence-electron chi connectivity index (χ4n) is 2.65. The Morgan fingerprint density at radius 3 is 2.60 bits per heavy atom. The SMILES string of the molecule is COCCCNC(=O)CN1CCN(C(=O)c2cccc(Cl)c2Cl)CC1. The molecular weight excluding hydrogens is 365 g/mol. The molecule has 25 heavy (non-hydrogen) atoms. The number of ether oxygens (including phenoxy) is 1. The summed E-state index contributed by atoms with van der Waals surface area (Å²) in [5.74, 6) is -0.134. The second-order valence-corrected chi connectivity index (χ2v) is 6.65. The number of carbonyl (C=O) groups excluding carboxylic acids is 2. The van der Waals surface area contributed by atoms with Crippen LogP contribution >= 0.6 is 23.2 Å². The maximum absolute atomic E-state index is 12.6. The monoisotopic (exact) mass is 387 g/mol. The highest BCUT2D eigenvalue weighted by Crippen LogP contribution is 2.26. The van der Waals surface area contributed by atoms with Crippen molar-refractivity contribution in [3.63, 3.8) is 0 Å². The average Bonchev–Trinajstić information content (AvgIpc) is 2.61. The van der Waals surface area contributed by atoms with Crippen molar-refractivity contribution in [2.24, 2.45) is 0 Å². The third-order valence-electron chi connectivity index (χ3n) is 4.06. The summed E-state index contributed by atoms with van der Waals surface area (Å²) in [6, 6.07) is 5.05. The lowest BCUT2D eigenvalue weighted by molar-refractivity contribution is -0.122. The lowest BCUT2D eigenvalue weighted by Gasteiger charge is -2.34. The van der Waals surface area contributed by atoms with Crippen molar-refractivity contribution in [3.8, 4) is 0 Å². The van der Waals surface area contributed by atoms with E-state index in [4.69, 9.17) is 27.9 Å². The normalized spacial score (nSPS) is 15.2. The third-order valence-corrected chi connectivity index (χ3v) is 4.88. The number of methoxy groups -OCH3 is 1. The van der Waals surface area contributed by atoms with E-state index in [0.717, 1.165) is 6.42 Å². The van der Waals surface area contributed by atoms with Gasteiger partial charge < -0.3 is 15.0 Å². The van der Waals surface area contributed by atoms with E-state index in [1.165, 1.54) is 0 Å². The van der Waals surface area contributed by atoms with Crippen LogP contribution in [0.2, 0.25) is 10.0 Å². The summed E-state index contributed by atoms with van der Waals surface area (Å²) in [5, 5.41) is 3.52. The lowest BCUT2D eigenvalue weighted by atomic mass is 10.1. The van der Waals surface area contributed by atoms with Crippen molar-refractivity contribution < 1.29 is 14.3 Å². The molecule has 1 N–H and O–H groups in total. The molecule has 2 rings (SSSR count). The van der Waals surface area contributed by atoms with Gasteiger partial charge in [-0.25, -0.2) is 0 Å². The molecule has 8 heteroatoms. The largest absolute Gasteiger partial charge is 0.385 e. The first-order chi connectivity index (χ1) is 12.0. The Morgan fingerprint density at radius 2 is 1.92 bits per heavy atom. The summed E-state index contributed by atoms with van der Waals surface area (Å²) >= 11 is 12.1. The van der Waals surface area contributed by atoms with Gasteiger partial charge in [-0.05, 0) is 18.6 Å². The van der Waals surface area contributed by atoms with Crippen LogP contribution in [0.15, 0.2) is 18.2 Å². The second kappa shape index (κ2) is 9.97. The van der Waals surface area contributed by atoms with Gasteiger partial charge in [-0.1, -0.05) is 29.3 Å². The number of halogens is 2. The van der Waals surface area contributed by atoms with Crippen molar-refractivity contribution in [3.05, 3.63) is 33.8 Å². The highest BCUT2D eigenvalue weighted by atomic mass is 35.5. The van der Waals surface area contributed by atoms with Crippen LogP contribution in [0.1, 0.15) is 16.8 Å². The molecule has 1 aliphatic heterocycles. The Morgan fingerprint density at radius 1 is 1.20 bits per heavy atom. The molecule has 0 aliphatic carbocycles. The van der Waals surface area contributed by atoms with Gasteiger partial charge in [0.2, 0.25) is 5.91 Å². The minimum absolute atomic E-state index is 0.00577. The number of piperazine rings is 1. The lowest BCUT2D eigenvalue weighted by Crippen LogP contribution is -2.51. The molecule has 0 aromatic heterocycles. The Bertz CT molecular complexity index is 605. The van der Waals surface area contributed by atoms with Gasteiger partial charge in [0, 0.05) is 46.4 Å². The second-order valence-electron chi connectivity index (χ2n) is 5.87. The van der Waals surface area contributed by atoms with Crippen molar-refractivity contribution in [1.82, 2.24) is 15.1 Å². The molecular formula is C17H23Cl2N3O3. The maximum Gasteiger partial charge on any atom is 0.255 e. The zero-order valence-electron chi connectivity index (χ0n) is 14.3. The third kappa shape index (κ3) is 5.85. The minimum atomic E-state index is -0.129. The molecule has 1 aliphatic rings. The molecule has 1 saturated heterocycles. The number of hydrogen-bond acceptors (Lipinski definition) is 4. The van der Waals surface area contributed by atoms with Crippen molar-refractivity contribution >= 4 is 35.0 Å². The van der Waals surface area contributed by atoms with Crippen LogP contribution in [0.5, 0.6) is 0 Å². The first-order valence-corrected chi connectivity index (χ1v) is 8.99. The van der Waals surface area contributed by atoms with Gasteiger partial charge in [0.1, 0.15) is 0 Å². The minimum Gasteiger partial charge on any atom is -0.385 e. The smallest absolute Gasteiger partial charge is 0.255 e. The molecule has 0 spiro atoms. The van der Waals surface area contributed by atoms with Crippen molar-refractivity contribution in [2.45, 2.75) is 6.42 Å². The van der Waals surface area contributed by atoms with Gasteiger partial charge in [-0.2, -0.15) is 0 Å². The number of benzene rings is 1. The Labute approximate surface area is 158 Å². The van der Waals surface area contributed by atoms with Crippen LogP contribution in [-0.2, 0) is 9.53 Å². The Balaban J connectivity index is 1.78. The highest BCUT2D eigenvalue weighted by Gasteiger charge is 2.25. The van der Waals surface area contributed by atoms with Gasteiger partial charge in [0.15, 0.2) is 0 Å². The van der Waals surface area contributed by atoms with Gasteiger partial charge in [-0.3, -0.25) is 14.5 Å². The predicted molar refractivity (Wildman–Crippen MR) is 98.3 cm³/mol. The van der Waals surface area contributed by atoms with E-state index >= 15 is 0 Å². The number of hydrogen-bond donors (Lipinski definition) is 1. The average molecular weight is 388 g/mol. The van der Waals surface area contributed by atoms with Gasteiger partial charge in [0.05, 0.1) is 22.2 Å². The van der Waals surface area contributed by atoms with Gasteiger partial charge in [-0.15, -0.1) is 0 Å². The number of nitrogens with zero attached hydrogens (tertiary/aromatic N) is 2. The van der Waals surface area contributed by atoms with E-state index in [-0.39, 0.29) is 16.8 Å². The molecule has 6 nitrogen and oxygen atoms in total. The number of amides is 2. The molecule has 1 aromatic rings. The topological polar surface area (TPSA) is 61.9 Å². The van der Waals surface area contributed by atoms with Gasteiger partial charge >= 0.3 is 0 Å². The van der Waals surface area contributed by atoms with E-state index in [0.29, 0.717) is 56.5 Å². The van der Waals surface area contributed by atoms with Crippen LogP contribution in [0.25, 0.3) is 0 Å². The quantitative estimate of drug-likeness (QED) is 0.725. The molecule has 2 amide bonds. The Kier molecular flexibility index (Phi) is 7.96. The molecule has 1 heterocycles. The van der Waals surface area contributed by atoms with Crippen LogP contribution in [0, 0.1) is 0 Å². The van der Waals surface area contributed by atoms with Gasteiger partial charge in [0.25, 0.3) is 5.91 Å². The molecule has 1 aromatic carbocycles. The summed E-state index contributed by atoms with van der Waals surface area (Å²) in [7, 11) is 1.64. The molecule has 0 unspecified atom stereocenters. The van der Waals surface area contributed by atoms with E-state index in [1.807, 2.05) is 4.90 Å². The zero-order valence-corrected chi connectivity index (χ0v) is 15.8. The van der Waals surface area contributed by atoms with E-state index in [9.17, 15) is 9.59 Å². The number of carbonyl (C=O) groups is 2. The van der Waals surface area contributed by atoms with Crippen molar-refractivity contribution in [1.29, 1.82) is 0 Å². The fraction of sp³-hybridized carbons (Fsp3) is 0.529. The van der Waals surface area contributed by atoms with Crippen molar-refractivity contribution in [2.75, 3.05) is 53.0 Å². The molecule has 0 saturated carbocycles. The molecule has 0 bridgehead atoms. The molecule has 0 atom stereocenters. The summed E-state index contributed by atoms with van der Waals surface area (Å²) in [4.78, 5) is 28.2. The molecule has 1 fully saturated rings. The number of nitrogens with one attached hydrogen (secondary N) is 1. The highest BCUT2D eigenvalue weighted by molar-refractivity contribution is 6.43. The van der Waals surface area contributed by atoms with Crippen LogP contribution in [0.4, 0.5) is 0 Å². The fourth-order valence-corrected chi connectivity index (χ4v) is 3.03. The van der Waals surface area contributed by atoms with E-state index < -0.39 is 0 Å². The van der Waals surface area contributed by atoms with Crippen LogP contribution < -0.4 is 5.32 Å². The number of rotatable bonds is 7. The summed E-state index contributed by atoms with van der Waals surface area (Å²) < 4.78 is 4.94. The first kappa shape index (κ1) is 20.0. The van der Waals surface area contributed by atoms with Crippen LogP contribution in [0.3, 0.4) is 0 Å². The zero-order chi connectivity index (χ0) is 18.2. The van der Waals surface area contributed by atoms with Crippen LogP contribution in [-0.4, -0.2) is 74.6 Å². The standard InChI is InChI=1S/C17H23Cl2N3O3/c1-25-11-3-6-20-15(23)12-21-7-9-22(10-8-21)17(24)13-4-2-5-14(18)16(13)19/h2,4-5H,3,6-12H2,1H3,(H,20,23). The molecule has 138 valence electrons. The maximum atomic E-state index is 12.6.